The number of hydrogen-bond donors (Lipinski definition) is 2. The number of carbonyl (C=O) groups excluding carboxylic acids is 1. The van der Waals surface area contributed by atoms with Gasteiger partial charge >= 0.3 is 0 Å². The summed E-state index contributed by atoms with van der Waals surface area (Å²) in [6.45, 7) is 9.15. The molecule has 3 nitrogen and oxygen atoms in total. The molecule has 1 aromatic rings. The van der Waals surface area contributed by atoms with E-state index in [1.165, 1.54) is 0 Å². The van der Waals surface area contributed by atoms with Crippen LogP contribution in [-0.2, 0) is 4.79 Å². The molecule has 0 fully saturated rings. The lowest BCUT2D eigenvalue weighted by molar-refractivity contribution is -0.117. The Balaban J connectivity index is 2.36. The third-order valence-electron chi connectivity index (χ3n) is 2.76. The standard InChI is InChI=1S/C14H19ClN2OS/c1-5-16-12-8-6-9(15)11(19-14(2,3)4)7-10(8)17-13(12)18/h6-7,12,16H,5H2,1-4H3,(H,17,18). The van der Waals surface area contributed by atoms with Gasteiger partial charge in [-0.05, 0) is 18.7 Å². The van der Waals surface area contributed by atoms with E-state index in [-0.39, 0.29) is 16.7 Å². The fraction of sp³-hybridized carbons (Fsp3) is 0.500. The molecule has 0 spiro atoms. The number of amides is 1. The van der Waals surface area contributed by atoms with E-state index in [0.717, 1.165) is 22.7 Å². The van der Waals surface area contributed by atoms with Crippen molar-refractivity contribution in [3.05, 3.63) is 22.7 Å². The molecule has 104 valence electrons. The number of fused-ring (bicyclic) bond motifs is 1. The average Bonchev–Trinajstić information content (AvgIpc) is 2.55. The van der Waals surface area contributed by atoms with Crippen molar-refractivity contribution in [1.29, 1.82) is 0 Å². The molecular formula is C14H19ClN2OS. The molecule has 19 heavy (non-hydrogen) atoms. The van der Waals surface area contributed by atoms with Crippen molar-refractivity contribution in [1.82, 2.24) is 5.32 Å². The van der Waals surface area contributed by atoms with Gasteiger partial charge in [-0.25, -0.2) is 0 Å². The Hall–Kier alpha value is -0.710. The lowest BCUT2D eigenvalue weighted by Crippen LogP contribution is -2.27. The molecule has 0 aliphatic carbocycles. The third-order valence-corrected chi connectivity index (χ3v) is 4.35. The summed E-state index contributed by atoms with van der Waals surface area (Å²) in [5.41, 5.74) is 1.81. The van der Waals surface area contributed by atoms with Crippen LogP contribution in [-0.4, -0.2) is 17.2 Å². The van der Waals surface area contributed by atoms with E-state index in [2.05, 4.69) is 31.4 Å². The molecular weight excluding hydrogens is 280 g/mol. The van der Waals surface area contributed by atoms with E-state index >= 15 is 0 Å². The van der Waals surface area contributed by atoms with Crippen LogP contribution in [0.5, 0.6) is 0 Å². The van der Waals surface area contributed by atoms with Gasteiger partial charge in [-0.1, -0.05) is 39.3 Å². The molecule has 1 unspecified atom stereocenters. The summed E-state index contributed by atoms with van der Waals surface area (Å²) in [5.74, 6) is -0.00850. The number of thioether (sulfide) groups is 1. The summed E-state index contributed by atoms with van der Waals surface area (Å²) in [6, 6.07) is 3.59. The first-order valence-corrected chi connectivity index (χ1v) is 7.58. The minimum Gasteiger partial charge on any atom is -0.324 e. The fourth-order valence-electron chi connectivity index (χ4n) is 2.08. The van der Waals surface area contributed by atoms with Crippen molar-refractivity contribution in [2.75, 3.05) is 11.9 Å². The van der Waals surface area contributed by atoms with E-state index in [4.69, 9.17) is 11.6 Å². The zero-order valence-corrected chi connectivity index (χ0v) is 13.2. The maximum Gasteiger partial charge on any atom is 0.246 e. The number of hydrogen-bond acceptors (Lipinski definition) is 3. The summed E-state index contributed by atoms with van der Waals surface area (Å²) in [5, 5.41) is 6.79. The molecule has 1 atom stereocenters. The number of nitrogens with one attached hydrogen (secondary N) is 2. The summed E-state index contributed by atoms with van der Waals surface area (Å²) in [4.78, 5) is 12.9. The van der Waals surface area contributed by atoms with Gasteiger partial charge in [0.05, 0.1) is 5.02 Å². The number of rotatable bonds is 3. The van der Waals surface area contributed by atoms with Crippen LogP contribution in [0.1, 0.15) is 39.3 Å². The Labute approximate surface area is 123 Å². The minimum absolute atomic E-state index is 0.00850. The number of benzene rings is 1. The van der Waals surface area contributed by atoms with E-state index in [1.54, 1.807) is 11.8 Å². The van der Waals surface area contributed by atoms with Gasteiger partial charge in [0.25, 0.3) is 0 Å². The molecule has 2 rings (SSSR count). The smallest absolute Gasteiger partial charge is 0.246 e. The van der Waals surface area contributed by atoms with Crippen molar-refractivity contribution in [2.24, 2.45) is 0 Å². The maximum atomic E-state index is 11.9. The highest BCUT2D eigenvalue weighted by molar-refractivity contribution is 8.00. The lowest BCUT2D eigenvalue weighted by atomic mass is 10.1. The Bertz CT molecular complexity index is 511. The zero-order valence-electron chi connectivity index (χ0n) is 11.6. The molecule has 1 aliphatic heterocycles. The van der Waals surface area contributed by atoms with Gasteiger partial charge in [0.1, 0.15) is 6.04 Å². The Morgan fingerprint density at radius 1 is 1.42 bits per heavy atom. The number of carbonyl (C=O) groups is 1. The van der Waals surface area contributed by atoms with Crippen molar-refractivity contribution in [2.45, 2.75) is 43.4 Å². The fourth-order valence-corrected chi connectivity index (χ4v) is 3.36. The molecule has 0 bridgehead atoms. The van der Waals surface area contributed by atoms with E-state index in [1.807, 2.05) is 19.1 Å². The van der Waals surface area contributed by atoms with Crippen LogP contribution in [0, 0.1) is 0 Å². The van der Waals surface area contributed by atoms with Crippen molar-refractivity contribution < 1.29 is 4.79 Å². The highest BCUT2D eigenvalue weighted by Crippen LogP contribution is 2.42. The Kier molecular flexibility index (Phi) is 4.14. The predicted molar refractivity (Wildman–Crippen MR) is 82.1 cm³/mol. The average molecular weight is 299 g/mol. The first-order chi connectivity index (χ1) is 8.81. The van der Waals surface area contributed by atoms with E-state index < -0.39 is 0 Å². The number of likely N-dealkylation sites (N-methyl/N-ethyl adjacent to an activating group) is 1. The molecule has 1 heterocycles. The summed E-state index contributed by atoms with van der Waals surface area (Å²) in [6.07, 6.45) is 0. The zero-order chi connectivity index (χ0) is 14.2. The Morgan fingerprint density at radius 3 is 2.68 bits per heavy atom. The second kappa shape index (κ2) is 5.35. The molecule has 0 radical (unpaired) electrons. The Morgan fingerprint density at radius 2 is 2.11 bits per heavy atom. The molecule has 0 aromatic heterocycles. The normalized spacial score (nSPS) is 18.4. The minimum atomic E-state index is -0.286. The molecule has 1 amide bonds. The molecule has 5 heteroatoms. The molecule has 0 saturated carbocycles. The van der Waals surface area contributed by atoms with Gasteiger partial charge < -0.3 is 10.6 Å². The summed E-state index contributed by atoms with van der Waals surface area (Å²) < 4.78 is 0.0849. The van der Waals surface area contributed by atoms with Crippen LogP contribution in [0.25, 0.3) is 0 Å². The largest absolute Gasteiger partial charge is 0.324 e. The van der Waals surface area contributed by atoms with E-state index in [0.29, 0.717) is 5.02 Å². The maximum absolute atomic E-state index is 11.9. The van der Waals surface area contributed by atoms with Crippen LogP contribution in [0.2, 0.25) is 5.02 Å². The van der Waals surface area contributed by atoms with Crippen LogP contribution in [0.15, 0.2) is 17.0 Å². The predicted octanol–water partition coefficient (Wildman–Crippen LogP) is 3.83. The monoisotopic (exact) mass is 298 g/mol. The van der Waals surface area contributed by atoms with Crippen LogP contribution in [0.4, 0.5) is 5.69 Å². The van der Waals surface area contributed by atoms with Gasteiger partial charge in [-0.2, -0.15) is 0 Å². The van der Waals surface area contributed by atoms with Gasteiger partial charge in [0.15, 0.2) is 0 Å². The molecule has 1 aromatic carbocycles. The SMILES string of the molecule is CCNC1C(=O)Nc2cc(SC(C)(C)C)c(Cl)cc21. The van der Waals surface area contributed by atoms with Gasteiger partial charge in [0, 0.05) is 20.9 Å². The van der Waals surface area contributed by atoms with Crippen molar-refractivity contribution in [3.63, 3.8) is 0 Å². The molecule has 2 N–H and O–H groups in total. The quantitative estimate of drug-likeness (QED) is 0.833. The topological polar surface area (TPSA) is 41.1 Å². The summed E-state index contributed by atoms with van der Waals surface area (Å²) >= 11 is 8.05. The van der Waals surface area contributed by atoms with Crippen molar-refractivity contribution >= 4 is 35.0 Å². The molecule has 1 aliphatic rings. The first-order valence-electron chi connectivity index (χ1n) is 6.38. The van der Waals surface area contributed by atoms with Crippen LogP contribution < -0.4 is 10.6 Å². The molecule has 0 saturated heterocycles. The highest BCUT2D eigenvalue weighted by atomic mass is 35.5. The lowest BCUT2D eigenvalue weighted by Gasteiger charge is -2.19. The highest BCUT2D eigenvalue weighted by Gasteiger charge is 2.31. The second-order valence-corrected chi connectivity index (χ2v) is 7.84. The van der Waals surface area contributed by atoms with Gasteiger partial charge in [-0.3, -0.25) is 4.79 Å². The number of anilines is 1. The van der Waals surface area contributed by atoms with Crippen LogP contribution >= 0.6 is 23.4 Å². The van der Waals surface area contributed by atoms with Gasteiger partial charge in [-0.15, -0.1) is 11.8 Å². The number of halogens is 1. The van der Waals surface area contributed by atoms with Crippen molar-refractivity contribution in [3.8, 4) is 0 Å². The third kappa shape index (κ3) is 3.25. The van der Waals surface area contributed by atoms with E-state index in [9.17, 15) is 4.79 Å². The van der Waals surface area contributed by atoms with Crippen LogP contribution in [0.3, 0.4) is 0 Å². The summed E-state index contributed by atoms with van der Waals surface area (Å²) in [7, 11) is 0. The first kappa shape index (κ1) is 14.7. The van der Waals surface area contributed by atoms with Gasteiger partial charge in [0.2, 0.25) is 5.91 Å². The second-order valence-electron chi connectivity index (χ2n) is 5.56.